The van der Waals surface area contributed by atoms with Crippen LogP contribution in [-0.4, -0.2) is 60.2 Å². The van der Waals surface area contributed by atoms with Gasteiger partial charge in [-0.05, 0) is 32.4 Å². The predicted molar refractivity (Wildman–Crippen MR) is 93.7 cm³/mol. The minimum Gasteiger partial charge on any atom is -0.344 e. The number of likely N-dealkylation sites (N-methyl/N-ethyl adjacent to an activating group) is 1. The van der Waals surface area contributed by atoms with Gasteiger partial charge in [0.2, 0.25) is 5.91 Å². The average Bonchev–Trinajstić information content (AvgIpc) is 2.85. The third kappa shape index (κ3) is 4.89. The van der Waals surface area contributed by atoms with Crippen molar-refractivity contribution in [3.05, 3.63) is 29.8 Å². The van der Waals surface area contributed by atoms with Crippen LogP contribution in [0.3, 0.4) is 0 Å². The van der Waals surface area contributed by atoms with Gasteiger partial charge in [0.05, 0.1) is 0 Å². The third-order valence-corrected chi connectivity index (χ3v) is 5.04. The molecule has 1 aliphatic rings. The summed E-state index contributed by atoms with van der Waals surface area (Å²) in [6.07, 6.45) is 0.691. The van der Waals surface area contributed by atoms with Crippen LogP contribution in [0.15, 0.2) is 29.2 Å². The van der Waals surface area contributed by atoms with Gasteiger partial charge in [0, 0.05) is 37.3 Å². The van der Waals surface area contributed by atoms with Crippen LogP contribution in [-0.2, 0) is 4.79 Å². The maximum Gasteiger partial charge on any atom is 0.318 e. The van der Waals surface area contributed by atoms with Crippen molar-refractivity contribution in [2.45, 2.75) is 31.2 Å². The molecule has 0 saturated carbocycles. The quantitative estimate of drug-likeness (QED) is 0.812. The molecule has 1 heterocycles. The number of carbonyl (C=O) groups is 2. The number of carbonyl (C=O) groups excluding carboxylic acids is 2. The van der Waals surface area contributed by atoms with E-state index in [2.05, 4.69) is 36.5 Å². The smallest absolute Gasteiger partial charge is 0.318 e. The van der Waals surface area contributed by atoms with E-state index < -0.39 is 0 Å². The standard InChI is InChI=1S/C17H25N3O2S/c1-4-20(11-12-23-14-7-5-13(2)6-8-14)17(22)18-15-9-10-19(3)16(15)21/h5-8,15H,4,9-12H2,1-3H3,(H,18,22)/t15-/m1/s1. The highest BCUT2D eigenvalue weighted by atomic mass is 32.2. The topological polar surface area (TPSA) is 52.7 Å². The van der Waals surface area contributed by atoms with Gasteiger partial charge in [-0.3, -0.25) is 4.79 Å². The van der Waals surface area contributed by atoms with E-state index in [1.807, 2.05) is 6.92 Å². The predicted octanol–water partition coefficient (Wildman–Crippen LogP) is 2.35. The lowest BCUT2D eigenvalue weighted by atomic mass is 10.2. The van der Waals surface area contributed by atoms with Gasteiger partial charge in [-0.25, -0.2) is 4.79 Å². The van der Waals surface area contributed by atoms with Crippen LogP contribution < -0.4 is 5.32 Å². The Morgan fingerprint density at radius 2 is 2.09 bits per heavy atom. The molecule has 5 nitrogen and oxygen atoms in total. The molecule has 126 valence electrons. The molecule has 0 unspecified atom stereocenters. The molecule has 1 aromatic carbocycles. The first-order valence-corrected chi connectivity index (χ1v) is 8.99. The van der Waals surface area contributed by atoms with Gasteiger partial charge >= 0.3 is 6.03 Å². The molecule has 1 N–H and O–H groups in total. The average molecular weight is 335 g/mol. The zero-order valence-corrected chi connectivity index (χ0v) is 14.9. The van der Waals surface area contributed by atoms with Crippen LogP contribution >= 0.6 is 11.8 Å². The van der Waals surface area contributed by atoms with E-state index in [-0.39, 0.29) is 18.0 Å². The number of likely N-dealkylation sites (tertiary alicyclic amines) is 1. The summed E-state index contributed by atoms with van der Waals surface area (Å²) < 4.78 is 0. The van der Waals surface area contributed by atoms with Crippen molar-refractivity contribution in [3.8, 4) is 0 Å². The molecule has 1 atom stereocenters. The fourth-order valence-corrected chi connectivity index (χ4v) is 3.38. The van der Waals surface area contributed by atoms with Gasteiger partial charge in [0.15, 0.2) is 0 Å². The van der Waals surface area contributed by atoms with E-state index in [0.29, 0.717) is 26.1 Å². The number of amides is 3. The second kappa shape index (κ2) is 8.24. The van der Waals surface area contributed by atoms with Crippen molar-refractivity contribution < 1.29 is 9.59 Å². The van der Waals surface area contributed by atoms with E-state index in [4.69, 9.17) is 0 Å². The molecule has 3 amide bonds. The van der Waals surface area contributed by atoms with E-state index in [1.165, 1.54) is 10.5 Å². The Kier molecular flexibility index (Phi) is 6.33. The molecule has 23 heavy (non-hydrogen) atoms. The minimum atomic E-state index is -0.369. The Morgan fingerprint density at radius 3 is 2.65 bits per heavy atom. The highest BCUT2D eigenvalue weighted by Crippen LogP contribution is 2.18. The summed E-state index contributed by atoms with van der Waals surface area (Å²) >= 11 is 1.74. The van der Waals surface area contributed by atoms with Crippen molar-refractivity contribution in [3.63, 3.8) is 0 Å². The summed E-state index contributed by atoms with van der Waals surface area (Å²) in [5, 5.41) is 2.85. The number of urea groups is 1. The van der Waals surface area contributed by atoms with Gasteiger partial charge in [0.1, 0.15) is 6.04 Å². The van der Waals surface area contributed by atoms with Crippen molar-refractivity contribution in [2.75, 3.05) is 32.4 Å². The summed E-state index contributed by atoms with van der Waals surface area (Å²) in [7, 11) is 1.77. The first-order valence-electron chi connectivity index (χ1n) is 8.01. The zero-order valence-electron chi connectivity index (χ0n) is 14.0. The SMILES string of the molecule is CCN(CCSc1ccc(C)cc1)C(=O)N[C@@H]1CCN(C)C1=O. The van der Waals surface area contributed by atoms with Crippen molar-refractivity contribution in [1.29, 1.82) is 0 Å². The number of thioether (sulfide) groups is 1. The first-order chi connectivity index (χ1) is 11.0. The van der Waals surface area contributed by atoms with Gasteiger partial charge in [-0.1, -0.05) is 17.7 Å². The molecule has 2 rings (SSSR count). The number of hydrogen-bond acceptors (Lipinski definition) is 3. The molecule has 0 aromatic heterocycles. The summed E-state index contributed by atoms with van der Waals surface area (Å²) in [4.78, 5) is 28.8. The van der Waals surface area contributed by atoms with Crippen LogP contribution in [0.5, 0.6) is 0 Å². The van der Waals surface area contributed by atoms with E-state index in [1.54, 1.807) is 28.6 Å². The molecule has 1 aliphatic heterocycles. The highest BCUT2D eigenvalue weighted by Gasteiger charge is 2.31. The number of nitrogens with zero attached hydrogens (tertiary/aromatic N) is 2. The number of hydrogen-bond donors (Lipinski definition) is 1. The summed E-state index contributed by atoms with van der Waals surface area (Å²) in [5.74, 6) is 0.839. The van der Waals surface area contributed by atoms with Gasteiger partial charge in [-0.15, -0.1) is 11.8 Å². The second-order valence-electron chi connectivity index (χ2n) is 5.79. The van der Waals surface area contributed by atoms with E-state index in [0.717, 1.165) is 5.75 Å². The lowest BCUT2D eigenvalue weighted by Gasteiger charge is -2.23. The van der Waals surface area contributed by atoms with Crippen molar-refractivity contribution in [1.82, 2.24) is 15.1 Å². The molecule has 0 radical (unpaired) electrons. The minimum absolute atomic E-state index is 0.00318. The molecule has 1 saturated heterocycles. The van der Waals surface area contributed by atoms with Crippen LogP contribution in [0.1, 0.15) is 18.9 Å². The van der Waals surface area contributed by atoms with E-state index in [9.17, 15) is 9.59 Å². The molecule has 0 bridgehead atoms. The van der Waals surface area contributed by atoms with Crippen molar-refractivity contribution >= 4 is 23.7 Å². The largest absolute Gasteiger partial charge is 0.344 e. The molecule has 1 fully saturated rings. The Hall–Kier alpha value is -1.69. The zero-order chi connectivity index (χ0) is 16.8. The van der Waals surface area contributed by atoms with Gasteiger partial charge in [-0.2, -0.15) is 0 Å². The van der Waals surface area contributed by atoms with Crippen LogP contribution in [0.2, 0.25) is 0 Å². The number of benzene rings is 1. The van der Waals surface area contributed by atoms with Gasteiger partial charge in [0.25, 0.3) is 0 Å². The molecular weight excluding hydrogens is 310 g/mol. The normalized spacial score (nSPS) is 17.4. The van der Waals surface area contributed by atoms with Crippen LogP contribution in [0, 0.1) is 6.92 Å². The maximum atomic E-state index is 12.3. The number of rotatable bonds is 6. The lowest BCUT2D eigenvalue weighted by Crippen LogP contribution is -2.48. The Bertz CT molecular complexity index is 547. The Balaban J connectivity index is 1.78. The number of aryl methyl sites for hydroxylation is 1. The molecular formula is C17H25N3O2S. The van der Waals surface area contributed by atoms with Gasteiger partial charge < -0.3 is 15.1 Å². The summed E-state index contributed by atoms with van der Waals surface area (Å²) in [6.45, 7) is 6.03. The van der Waals surface area contributed by atoms with Crippen molar-refractivity contribution in [2.24, 2.45) is 0 Å². The highest BCUT2D eigenvalue weighted by molar-refractivity contribution is 7.99. The van der Waals surface area contributed by atoms with E-state index >= 15 is 0 Å². The van der Waals surface area contributed by atoms with Crippen LogP contribution in [0.25, 0.3) is 0 Å². The monoisotopic (exact) mass is 335 g/mol. The molecule has 0 spiro atoms. The molecule has 6 heteroatoms. The Labute approximate surface area is 142 Å². The summed E-state index contributed by atoms with van der Waals surface area (Å²) in [6, 6.07) is 7.87. The molecule has 1 aromatic rings. The first kappa shape index (κ1) is 17.7. The third-order valence-electron chi connectivity index (χ3n) is 4.05. The fraction of sp³-hybridized carbons (Fsp3) is 0.529. The number of nitrogens with one attached hydrogen (secondary N) is 1. The van der Waals surface area contributed by atoms with Crippen LogP contribution in [0.4, 0.5) is 4.79 Å². The fourth-order valence-electron chi connectivity index (χ4n) is 2.51. The lowest BCUT2D eigenvalue weighted by molar-refractivity contribution is -0.128. The molecule has 0 aliphatic carbocycles. The maximum absolute atomic E-state index is 12.3. The summed E-state index contributed by atoms with van der Waals surface area (Å²) in [5.41, 5.74) is 1.25. The Morgan fingerprint density at radius 1 is 1.39 bits per heavy atom. The second-order valence-corrected chi connectivity index (χ2v) is 6.96.